The Morgan fingerprint density at radius 2 is 2.12 bits per heavy atom. The molecule has 1 N–H and O–H groups in total. The number of rotatable bonds is 6. The van der Waals surface area contributed by atoms with Gasteiger partial charge in [-0.3, -0.25) is 4.79 Å². The molecule has 0 aliphatic heterocycles. The van der Waals surface area contributed by atoms with E-state index in [9.17, 15) is 4.79 Å². The van der Waals surface area contributed by atoms with Gasteiger partial charge in [0, 0.05) is 17.4 Å². The number of hydrogen-bond acceptors (Lipinski definition) is 1. The van der Waals surface area contributed by atoms with Crippen LogP contribution in [0.2, 0.25) is 0 Å². The minimum absolute atomic E-state index is 0.104. The Morgan fingerprint density at radius 3 is 2.76 bits per heavy atom. The number of carbonyl (C=O) groups is 1. The van der Waals surface area contributed by atoms with Gasteiger partial charge in [-0.15, -0.1) is 0 Å². The first-order valence-corrected chi connectivity index (χ1v) is 7.21. The smallest absolute Gasteiger partial charge is 0.224 e. The van der Waals surface area contributed by atoms with Crippen LogP contribution in [0, 0.1) is 0 Å². The molecule has 1 aromatic carbocycles. The first-order chi connectivity index (χ1) is 8.13. The van der Waals surface area contributed by atoms with Crippen molar-refractivity contribution in [3.8, 4) is 0 Å². The fourth-order valence-corrected chi connectivity index (χ4v) is 1.98. The Morgan fingerprint density at radius 1 is 1.35 bits per heavy atom. The summed E-state index contributed by atoms with van der Waals surface area (Å²) < 4.78 is 0. The molecule has 0 bridgehead atoms. The number of hydrogen-bond donors (Lipinski definition) is 1. The second-order valence-corrected chi connectivity index (χ2v) is 5.27. The number of carbonyl (C=O) groups excluding carboxylic acids is 1. The van der Waals surface area contributed by atoms with Gasteiger partial charge in [0.15, 0.2) is 0 Å². The van der Waals surface area contributed by atoms with Crippen molar-refractivity contribution in [2.45, 2.75) is 39.0 Å². The molecule has 17 heavy (non-hydrogen) atoms. The van der Waals surface area contributed by atoms with Crippen molar-refractivity contribution in [2.75, 3.05) is 10.6 Å². The van der Waals surface area contributed by atoms with E-state index < -0.39 is 0 Å². The van der Waals surface area contributed by atoms with E-state index in [1.165, 1.54) is 5.56 Å². The summed E-state index contributed by atoms with van der Waals surface area (Å²) in [7, 11) is 0. The highest BCUT2D eigenvalue weighted by molar-refractivity contribution is 9.09. The number of alkyl halides is 1. The van der Waals surface area contributed by atoms with E-state index in [0.29, 0.717) is 12.3 Å². The summed E-state index contributed by atoms with van der Waals surface area (Å²) in [5.74, 6) is 0.590. The maximum Gasteiger partial charge on any atom is 0.224 e. The van der Waals surface area contributed by atoms with Gasteiger partial charge in [-0.25, -0.2) is 0 Å². The molecule has 1 rings (SSSR count). The maximum atomic E-state index is 11.6. The summed E-state index contributed by atoms with van der Waals surface area (Å²) >= 11 is 3.36. The van der Waals surface area contributed by atoms with Crippen LogP contribution in [-0.2, 0) is 4.79 Å². The summed E-state index contributed by atoms with van der Waals surface area (Å²) in [6.07, 6.45) is 2.57. The molecule has 3 heteroatoms. The van der Waals surface area contributed by atoms with E-state index >= 15 is 0 Å². The average Bonchev–Trinajstić information content (AvgIpc) is 2.29. The lowest BCUT2D eigenvalue weighted by Crippen LogP contribution is -2.11. The summed E-state index contributed by atoms with van der Waals surface area (Å²) in [4.78, 5) is 11.6. The number of unbranched alkanes of at least 4 members (excludes halogenated alkanes) is 1. The normalized spacial score (nSPS) is 10.6. The van der Waals surface area contributed by atoms with Crippen molar-refractivity contribution in [3.63, 3.8) is 0 Å². The Balaban J connectivity index is 2.50. The molecule has 0 saturated heterocycles. The van der Waals surface area contributed by atoms with Crippen molar-refractivity contribution in [1.82, 2.24) is 0 Å². The van der Waals surface area contributed by atoms with E-state index in [1.54, 1.807) is 0 Å². The Hall–Kier alpha value is -0.830. The Bertz CT molecular complexity index is 363. The van der Waals surface area contributed by atoms with Crippen molar-refractivity contribution in [2.24, 2.45) is 0 Å². The van der Waals surface area contributed by atoms with Gasteiger partial charge >= 0.3 is 0 Å². The number of anilines is 1. The molecule has 0 aliphatic carbocycles. The van der Waals surface area contributed by atoms with Gasteiger partial charge in [0.1, 0.15) is 0 Å². The van der Waals surface area contributed by atoms with E-state index in [4.69, 9.17) is 0 Å². The summed E-state index contributed by atoms with van der Waals surface area (Å²) in [5.41, 5.74) is 2.16. The molecule has 0 fully saturated rings. The third-order valence-corrected chi connectivity index (χ3v) is 3.19. The van der Waals surface area contributed by atoms with Gasteiger partial charge < -0.3 is 5.32 Å². The van der Waals surface area contributed by atoms with Crippen molar-refractivity contribution < 1.29 is 4.79 Å². The third kappa shape index (κ3) is 5.35. The Kier molecular flexibility index (Phi) is 6.27. The van der Waals surface area contributed by atoms with E-state index in [2.05, 4.69) is 41.2 Å². The molecule has 0 aromatic heterocycles. The second-order valence-electron chi connectivity index (χ2n) is 4.47. The molecule has 0 aliphatic rings. The monoisotopic (exact) mass is 297 g/mol. The number of benzene rings is 1. The molecular formula is C14H20BrNO. The van der Waals surface area contributed by atoms with Crippen molar-refractivity contribution in [1.29, 1.82) is 0 Å². The Labute approximate surface area is 112 Å². The predicted octanol–water partition coefficient (Wildman–Crippen LogP) is 4.31. The van der Waals surface area contributed by atoms with Gasteiger partial charge in [-0.2, -0.15) is 0 Å². The van der Waals surface area contributed by atoms with Crippen LogP contribution in [0.15, 0.2) is 24.3 Å². The predicted molar refractivity (Wildman–Crippen MR) is 76.8 cm³/mol. The SMILES string of the molecule is CC(C)c1cccc(NC(=O)CCCCBr)c1. The van der Waals surface area contributed by atoms with Gasteiger partial charge in [0.05, 0.1) is 0 Å². The molecule has 94 valence electrons. The lowest BCUT2D eigenvalue weighted by molar-refractivity contribution is -0.116. The van der Waals surface area contributed by atoms with Gasteiger partial charge in [0.2, 0.25) is 5.91 Å². The first kappa shape index (κ1) is 14.2. The van der Waals surface area contributed by atoms with Crippen LogP contribution in [0.1, 0.15) is 44.6 Å². The number of amides is 1. The minimum Gasteiger partial charge on any atom is -0.326 e. The topological polar surface area (TPSA) is 29.1 Å². The van der Waals surface area contributed by atoms with E-state index in [-0.39, 0.29) is 5.91 Å². The highest BCUT2D eigenvalue weighted by Gasteiger charge is 2.04. The fourth-order valence-electron chi connectivity index (χ4n) is 1.58. The summed E-state index contributed by atoms with van der Waals surface area (Å²) in [6, 6.07) is 8.07. The van der Waals surface area contributed by atoms with Gasteiger partial charge in [-0.1, -0.05) is 41.9 Å². The molecule has 0 spiro atoms. The number of nitrogens with one attached hydrogen (secondary N) is 1. The molecule has 0 saturated carbocycles. The van der Waals surface area contributed by atoms with Gasteiger partial charge in [0.25, 0.3) is 0 Å². The van der Waals surface area contributed by atoms with Crippen LogP contribution in [-0.4, -0.2) is 11.2 Å². The largest absolute Gasteiger partial charge is 0.326 e. The zero-order chi connectivity index (χ0) is 12.7. The maximum absolute atomic E-state index is 11.6. The van der Waals surface area contributed by atoms with Gasteiger partial charge in [-0.05, 0) is 36.5 Å². The summed E-state index contributed by atoms with van der Waals surface area (Å²) in [6.45, 7) is 4.30. The highest BCUT2D eigenvalue weighted by Crippen LogP contribution is 2.18. The molecule has 1 aromatic rings. The quantitative estimate of drug-likeness (QED) is 0.615. The number of halogens is 1. The van der Waals surface area contributed by atoms with E-state index in [0.717, 1.165) is 23.9 Å². The first-order valence-electron chi connectivity index (χ1n) is 6.09. The molecule has 0 heterocycles. The zero-order valence-corrected chi connectivity index (χ0v) is 12.1. The fraction of sp³-hybridized carbons (Fsp3) is 0.500. The zero-order valence-electron chi connectivity index (χ0n) is 10.5. The van der Waals surface area contributed by atoms with Crippen LogP contribution in [0.5, 0.6) is 0 Å². The minimum atomic E-state index is 0.104. The van der Waals surface area contributed by atoms with Crippen LogP contribution in [0.25, 0.3) is 0 Å². The second kappa shape index (κ2) is 7.49. The van der Waals surface area contributed by atoms with Crippen LogP contribution in [0.4, 0.5) is 5.69 Å². The average molecular weight is 298 g/mol. The molecule has 2 nitrogen and oxygen atoms in total. The molecule has 0 atom stereocenters. The molecular weight excluding hydrogens is 278 g/mol. The summed E-state index contributed by atoms with van der Waals surface area (Å²) in [5, 5.41) is 3.90. The highest BCUT2D eigenvalue weighted by atomic mass is 79.9. The van der Waals surface area contributed by atoms with Crippen LogP contribution >= 0.6 is 15.9 Å². The van der Waals surface area contributed by atoms with Crippen molar-refractivity contribution >= 4 is 27.5 Å². The molecule has 0 radical (unpaired) electrons. The lowest BCUT2D eigenvalue weighted by atomic mass is 10.0. The molecule has 1 amide bonds. The lowest BCUT2D eigenvalue weighted by Gasteiger charge is -2.09. The standard InChI is InChI=1S/C14H20BrNO/c1-11(2)12-6-5-7-13(10-12)16-14(17)8-3-4-9-15/h5-7,10-11H,3-4,8-9H2,1-2H3,(H,16,17). The van der Waals surface area contributed by atoms with E-state index in [1.807, 2.05) is 18.2 Å². The molecule has 0 unspecified atom stereocenters. The van der Waals surface area contributed by atoms with Crippen LogP contribution < -0.4 is 5.32 Å². The third-order valence-electron chi connectivity index (χ3n) is 2.62. The van der Waals surface area contributed by atoms with Crippen molar-refractivity contribution in [3.05, 3.63) is 29.8 Å². The van der Waals surface area contributed by atoms with Crippen LogP contribution in [0.3, 0.4) is 0 Å².